The van der Waals surface area contributed by atoms with E-state index >= 15 is 0 Å². The number of nitrogens with zero attached hydrogens (tertiary/aromatic N) is 1. The highest BCUT2D eigenvalue weighted by atomic mass is 16.6. The summed E-state index contributed by atoms with van der Waals surface area (Å²) in [4.78, 5) is 42.9. The van der Waals surface area contributed by atoms with Gasteiger partial charge in [-0.3, -0.25) is 9.59 Å². The summed E-state index contributed by atoms with van der Waals surface area (Å²) in [6, 6.07) is 15.5. The molecule has 7 heteroatoms. The molecule has 5 unspecified atom stereocenters. The van der Waals surface area contributed by atoms with Crippen molar-refractivity contribution >= 4 is 17.9 Å². The van der Waals surface area contributed by atoms with E-state index in [9.17, 15) is 14.4 Å². The first-order valence-corrected chi connectivity index (χ1v) is 14.1. The minimum absolute atomic E-state index is 0.0240. The lowest BCUT2D eigenvalue weighted by Gasteiger charge is -2.35. The predicted octanol–water partition coefficient (Wildman–Crippen LogP) is 5.71. The van der Waals surface area contributed by atoms with Gasteiger partial charge >= 0.3 is 6.09 Å². The van der Waals surface area contributed by atoms with E-state index < -0.39 is 23.8 Å². The van der Waals surface area contributed by atoms with Crippen molar-refractivity contribution in [1.82, 2.24) is 15.5 Å². The van der Waals surface area contributed by atoms with Crippen LogP contribution in [0.15, 0.2) is 54.6 Å². The summed E-state index contributed by atoms with van der Waals surface area (Å²) < 4.78 is 5.52. The van der Waals surface area contributed by atoms with Gasteiger partial charge in [-0.05, 0) is 64.5 Å². The maximum atomic E-state index is 14.4. The third kappa shape index (κ3) is 8.84. The summed E-state index contributed by atoms with van der Waals surface area (Å²) in [7, 11) is 0. The molecule has 2 aromatic carbocycles. The maximum Gasteiger partial charge on any atom is 0.408 e. The number of hydrogen-bond donors (Lipinski definition) is 2. The van der Waals surface area contributed by atoms with Gasteiger partial charge in [0.2, 0.25) is 11.8 Å². The van der Waals surface area contributed by atoms with Gasteiger partial charge in [-0.2, -0.15) is 0 Å². The minimum Gasteiger partial charge on any atom is -0.444 e. The predicted molar refractivity (Wildman–Crippen MR) is 154 cm³/mol. The molecule has 3 amide bonds. The first-order chi connectivity index (χ1) is 18.4. The van der Waals surface area contributed by atoms with Gasteiger partial charge in [-0.15, -0.1) is 0 Å². The van der Waals surface area contributed by atoms with Crippen LogP contribution in [0.3, 0.4) is 0 Å². The molecule has 0 spiro atoms. The standard InChI is InChI=1S/C32H45N3O4/c1-8-12-23(4)33-29(36)28(25-17-15-21(2)16-18-25)35(27-19-22(27)3)30(37)26(20-24-13-10-9-11-14-24)34-31(38)39-32(5,6)7/h9-11,13-18,22-23,26-28H,8,12,19-20H2,1-7H3,(H,33,36)(H,34,38). The minimum atomic E-state index is -0.899. The lowest BCUT2D eigenvalue weighted by molar-refractivity contribution is -0.143. The number of alkyl carbamates (subject to hydrolysis) is 1. The van der Waals surface area contributed by atoms with E-state index in [2.05, 4.69) is 24.5 Å². The number of ether oxygens (including phenoxy) is 1. The summed E-state index contributed by atoms with van der Waals surface area (Å²) in [5, 5.41) is 5.97. The normalized spacial score (nSPS) is 18.8. The molecule has 3 rings (SSSR count). The van der Waals surface area contributed by atoms with Gasteiger partial charge in [0, 0.05) is 18.5 Å². The first kappa shape index (κ1) is 30.2. The van der Waals surface area contributed by atoms with E-state index in [1.54, 1.807) is 25.7 Å². The van der Waals surface area contributed by atoms with Gasteiger partial charge in [-0.1, -0.05) is 80.4 Å². The van der Waals surface area contributed by atoms with Crippen LogP contribution in [0.5, 0.6) is 0 Å². The van der Waals surface area contributed by atoms with Crippen molar-refractivity contribution in [1.29, 1.82) is 0 Å². The smallest absolute Gasteiger partial charge is 0.408 e. The van der Waals surface area contributed by atoms with Crippen LogP contribution < -0.4 is 10.6 Å². The van der Waals surface area contributed by atoms with Gasteiger partial charge in [0.05, 0.1) is 0 Å². The number of hydrogen-bond acceptors (Lipinski definition) is 4. The zero-order valence-corrected chi connectivity index (χ0v) is 24.5. The highest BCUT2D eigenvalue weighted by Crippen LogP contribution is 2.41. The molecule has 39 heavy (non-hydrogen) atoms. The third-order valence-electron chi connectivity index (χ3n) is 6.98. The van der Waals surface area contributed by atoms with Gasteiger partial charge in [-0.25, -0.2) is 4.79 Å². The molecule has 1 aliphatic carbocycles. The second kappa shape index (κ2) is 13.1. The van der Waals surface area contributed by atoms with Crippen LogP contribution in [0.1, 0.15) is 83.5 Å². The second-order valence-electron chi connectivity index (χ2n) is 11.9. The lowest BCUT2D eigenvalue weighted by Crippen LogP contribution is -2.55. The van der Waals surface area contributed by atoms with Crippen molar-refractivity contribution in [2.45, 2.75) is 104 Å². The number of carbonyl (C=O) groups is 3. The number of nitrogens with one attached hydrogen (secondary N) is 2. The summed E-state index contributed by atoms with van der Waals surface area (Å²) in [6.07, 6.45) is 2.21. The Morgan fingerprint density at radius 2 is 1.64 bits per heavy atom. The van der Waals surface area contributed by atoms with Crippen molar-refractivity contribution in [2.75, 3.05) is 0 Å². The van der Waals surface area contributed by atoms with Crippen LogP contribution in [0.25, 0.3) is 0 Å². The maximum absolute atomic E-state index is 14.4. The zero-order chi connectivity index (χ0) is 28.7. The van der Waals surface area contributed by atoms with Crippen LogP contribution in [0.2, 0.25) is 0 Å². The summed E-state index contributed by atoms with van der Waals surface area (Å²) in [5.74, 6) is -0.243. The van der Waals surface area contributed by atoms with E-state index in [-0.39, 0.29) is 36.2 Å². The Hall–Kier alpha value is -3.35. The highest BCUT2D eigenvalue weighted by molar-refractivity contribution is 5.93. The fourth-order valence-electron chi connectivity index (χ4n) is 4.87. The molecular weight excluding hydrogens is 490 g/mol. The molecule has 1 saturated carbocycles. The van der Waals surface area contributed by atoms with E-state index in [1.165, 1.54) is 0 Å². The summed E-state index contributed by atoms with van der Waals surface area (Å²) in [5.41, 5.74) is 2.02. The number of carbonyl (C=O) groups excluding carboxylic acids is 3. The summed E-state index contributed by atoms with van der Waals surface area (Å²) >= 11 is 0. The van der Waals surface area contributed by atoms with Crippen molar-refractivity contribution in [3.8, 4) is 0 Å². The third-order valence-corrected chi connectivity index (χ3v) is 6.98. The molecule has 2 aromatic rings. The van der Waals surface area contributed by atoms with Crippen LogP contribution in [-0.4, -0.2) is 46.5 Å². The van der Waals surface area contributed by atoms with Crippen molar-refractivity contribution in [2.24, 2.45) is 5.92 Å². The Labute approximate surface area is 233 Å². The fourth-order valence-corrected chi connectivity index (χ4v) is 4.87. The molecule has 0 aliphatic heterocycles. The average molecular weight is 536 g/mol. The van der Waals surface area contributed by atoms with Crippen molar-refractivity contribution < 1.29 is 19.1 Å². The largest absolute Gasteiger partial charge is 0.444 e. The quantitative estimate of drug-likeness (QED) is 0.386. The number of rotatable bonds is 11. The van der Waals surface area contributed by atoms with Crippen LogP contribution in [0, 0.1) is 12.8 Å². The molecule has 0 heterocycles. The Kier molecular flexibility index (Phi) is 10.2. The molecular formula is C32H45N3O4. The summed E-state index contributed by atoms with van der Waals surface area (Å²) in [6.45, 7) is 13.5. The Bertz CT molecular complexity index is 1110. The van der Waals surface area contributed by atoms with Gasteiger partial charge in [0.15, 0.2) is 0 Å². The molecule has 0 saturated heterocycles. The second-order valence-corrected chi connectivity index (χ2v) is 11.9. The monoisotopic (exact) mass is 535 g/mol. The number of aryl methyl sites for hydroxylation is 1. The van der Waals surface area contributed by atoms with Crippen LogP contribution >= 0.6 is 0 Å². The topological polar surface area (TPSA) is 87.7 Å². The highest BCUT2D eigenvalue weighted by Gasteiger charge is 2.48. The molecule has 1 aliphatic rings. The zero-order valence-electron chi connectivity index (χ0n) is 24.5. The fraction of sp³-hybridized carbons (Fsp3) is 0.531. The molecule has 0 bridgehead atoms. The molecule has 1 fully saturated rings. The molecule has 5 atom stereocenters. The van der Waals surface area contributed by atoms with E-state index in [0.29, 0.717) is 0 Å². The van der Waals surface area contributed by atoms with Crippen LogP contribution in [-0.2, 0) is 20.7 Å². The number of amides is 3. The van der Waals surface area contributed by atoms with Crippen molar-refractivity contribution in [3.05, 3.63) is 71.3 Å². The Morgan fingerprint density at radius 3 is 2.18 bits per heavy atom. The molecule has 212 valence electrons. The van der Waals surface area contributed by atoms with E-state index in [0.717, 1.165) is 36.0 Å². The molecule has 0 aromatic heterocycles. The average Bonchev–Trinajstić information content (AvgIpc) is 3.57. The number of benzene rings is 2. The van der Waals surface area contributed by atoms with E-state index in [1.807, 2.05) is 68.4 Å². The molecule has 2 N–H and O–H groups in total. The molecule has 0 radical (unpaired) electrons. The lowest BCUT2D eigenvalue weighted by atomic mass is 9.98. The van der Waals surface area contributed by atoms with Gasteiger partial charge in [0.1, 0.15) is 17.7 Å². The first-order valence-electron chi connectivity index (χ1n) is 14.1. The van der Waals surface area contributed by atoms with Crippen LogP contribution in [0.4, 0.5) is 4.79 Å². The van der Waals surface area contributed by atoms with Gasteiger partial charge < -0.3 is 20.3 Å². The molecule has 7 nitrogen and oxygen atoms in total. The Morgan fingerprint density at radius 1 is 1.03 bits per heavy atom. The van der Waals surface area contributed by atoms with Crippen molar-refractivity contribution in [3.63, 3.8) is 0 Å². The Balaban J connectivity index is 2.02. The SMILES string of the molecule is CCCC(C)NC(=O)C(c1ccc(C)cc1)N(C(=O)C(Cc1ccccc1)NC(=O)OC(C)(C)C)C1CC1C. The van der Waals surface area contributed by atoms with Gasteiger partial charge in [0.25, 0.3) is 0 Å². The van der Waals surface area contributed by atoms with E-state index in [4.69, 9.17) is 4.74 Å².